The zero-order valence-corrected chi connectivity index (χ0v) is 16.5. The van der Waals surface area contributed by atoms with Crippen molar-refractivity contribution in [1.82, 2.24) is 9.97 Å². The zero-order chi connectivity index (χ0) is 19.1. The summed E-state index contributed by atoms with van der Waals surface area (Å²) in [7, 11) is -3.65. The van der Waals surface area contributed by atoms with Crippen molar-refractivity contribution in [2.24, 2.45) is 5.92 Å². The fraction of sp³-hybridized carbons (Fsp3) is 0.381. The number of aromatic nitrogens is 2. The van der Waals surface area contributed by atoms with E-state index in [1.54, 1.807) is 6.20 Å². The molecule has 1 aliphatic rings. The maximum absolute atomic E-state index is 13.8. The number of hydrogen-bond donors (Lipinski definition) is 1. The summed E-state index contributed by atoms with van der Waals surface area (Å²) < 4.78 is 28.2. The molecule has 27 heavy (non-hydrogen) atoms. The summed E-state index contributed by atoms with van der Waals surface area (Å²) in [6.45, 7) is 3.69. The minimum absolute atomic E-state index is 0.497. The van der Waals surface area contributed by atoms with Crippen LogP contribution in [0.5, 0.6) is 0 Å². The molecule has 0 unspecified atom stereocenters. The summed E-state index contributed by atoms with van der Waals surface area (Å²) in [5, 5.41) is 0.889. The number of para-hydroxylation sites is 1. The van der Waals surface area contributed by atoms with Crippen LogP contribution in [0.1, 0.15) is 39.5 Å². The molecule has 2 aromatic heterocycles. The average molecular weight is 384 g/mol. The van der Waals surface area contributed by atoms with Crippen LogP contribution in [0.25, 0.3) is 11.0 Å². The number of nitrogens with zero attached hydrogens (tertiary/aromatic N) is 2. The SMILES string of the molecule is CC(C)(CC1CCC1)S(=O)(=O)N(c1ccccc1)c1cc2cccnc2[nH]1. The third kappa shape index (κ3) is 3.23. The molecule has 1 saturated carbocycles. The van der Waals surface area contributed by atoms with Crippen LogP contribution in [0.2, 0.25) is 0 Å². The van der Waals surface area contributed by atoms with Gasteiger partial charge in [0, 0.05) is 11.6 Å². The van der Waals surface area contributed by atoms with Crippen LogP contribution in [0, 0.1) is 5.92 Å². The van der Waals surface area contributed by atoms with Crippen LogP contribution in [-0.2, 0) is 10.0 Å². The van der Waals surface area contributed by atoms with Crippen molar-refractivity contribution >= 4 is 32.6 Å². The number of aromatic amines is 1. The van der Waals surface area contributed by atoms with Gasteiger partial charge in [-0.1, -0.05) is 37.5 Å². The zero-order valence-electron chi connectivity index (χ0n) is 15.7. The second-order valence-corrected chi connectivity index (χ2v) is 10.4. The third-order valence-electron chi connectivity index (χ3n) is 5.53. The van der Waals surface area contributed by atoms with E-state index in [2.05, 4.69) is 9.97 Å². The van der Waals surface area contributed by atoms with E-state index in [0.717, 1.165) is 18.2 Å². The van der Waals surface area contributed by atoms with Crippen molar-refractivity contribution in [3.63, 3.8) is 0 Å². The lowest BCUT2D eigenvalue weighted by Gasteiger charge is -2.37. The van der Waals surface area contributed by atoms with Crippen LogP contribution in [-0.4, -0.2) is 23.1 Å². The molecule has 0 bridgehead atoms. The molecule has 1 aliphatic carbocycles. The summed E-state index contributed by atoms with van der Waals surface area (Å²) in [5.41, 5.74) is 1.31. The summed E-state index contributed by atoms with van der Waals surface area (Å²) in [6, 6.07) is 14.9. The first-order valence-electron chi connectivity index (χ1n) is 9.42. The molecule has 2 heterocycles. The van der Waals surface area contributed by atoms with E-state index in [-0.39, 0.29) is 0 Å². The van der Waals surface area contributed by atoms with Crippen LogP contribution >= 0.6 is 0 Å². The minimum Gasteiger partial charge on any atom is -0.325 e. The lowest BCUT2D eigenvalue weighted by Crippen LogP contribution is -2.44. The molecule has 1 aromatic carbocycles. The maximum atomic E-state index is 13.8. The number of benzene rings is 1. The van der Waals surface area contributed by atoms with E-state index >= 15 is 0 Å². The molecule has 5 nitrogen and oxygen atoms in total. The highest BCUT2D eigenvalue weighted by Gasteiger charge is 2.43. The monoisotopic (exact) mass is 383 g/mol. The smallest absolute Gasteiger partial charge is 0.245 e. The van der Waals surface area contributed by atoms with Crippen LogP contribution in [0.4, 0.5) is 11.5 Å². The molecular formula is C21H25N3O2S. The molecule has 1 fully saturated rings. The van der Waals surface area contributed by atoms with Crippen molar-refractivity contribution in [2.75, 3.05) is 4.31 Å². The molecule has 0 amide bonds. The van der Waals surface area contributed by atoms with E-state index < -0.39 is 14.8 Å². The molecule has 0 aliphatic heterocycles. The van der Waals surface area contributed by atoms with Gasteiger partial charge in [-0.15, -0.1) is 0 Å². The topological polar surface area (TPSA) is 66.1 Å². The molecule has 1 N–H and O–H groups in total. The lowest BCUT2D eigenvalue weighted by atomic mass is 9.79. The van der Waals surface area contributed by atoms with Gasteiger partial charge in [0.1, 0.15) is 11.5 Å². The van der Waals surface area contributed by atoms with Gasteiger partial charge < -0.3 is 4.98 Å². The third-order valence-corrected chi connectivity index (χ3v) is 7.98. The Bertz CT molecular complexity index is 1000. The number of H-pyrrole nitrogens is 1. The van der Waals surface area contributed by atoms with Gasteiger partial charge in [-0.05, 0) is 56.5 Å². The number of fused-ring (bicyclic) bond motifs is 1. The highest BCUT2D eigenvalue weighted by atomic mass is 32.2. The van der Waals surface area contributed by atoms with Crippen molar-refractivity contribution in [1.29, 1.82) is 0 Å². The van der Waals surface area contributed by atoms with E-state index in [1.807, 2.05) is 62.4 Å². The Labute approximate surface area is 160 Å². The minimum atomic E-state index is -3.65. The Hall–Kier alpha value is -2.34. The molecule has 0 saturated heterocycles. The van der Waals surface area contributed by atoms with Crippen molar-refractivity contribution in [3.8, 4) is 0 Å². The van der Waals surface area contributed by atoms with Crippen LogP contribution in [0.3, 0.4) is 0 Å². The van der Waals surface area contributed by atoms with Gasteiger partial charge in [0.05, 0.1) is 10.4 Å². The predicted molar refractivity (Wildman–Crippen MR) is 110 cm³/mol. The van der Waals surface area contributed by atoms with Crippen molar-refractivity contribution in [3.05, 3.63) is 54.7 Å². The number of sulfonamides is 1. The summed E-state index contributed by atoms with van der Waals surface area (Å²) in [5.74, 6) is 1.02. The van der Waals surface area contributed by atoms with Gasteiger partial charge in [-0.2, -0.15) is 0 Å². The maximum Gasteiger partial charge on any atom is 0.245 e. The van der Waals surface area contributed by atoms with Gasteiger partial charge in [0.2, 0.25) is 10.0 Å². The molecule has 142 valence electrons. The summed E-state index contributed by atoms with van der Waals surface area (Å²) >= 11 is 0. The van der Waals surface area contributed by atoms with Crippen LogP contribution in [0.15, 0.2) is 54.7 Å². The standard InChI is InChI=1S/C21H25N3O2S/c1-21(2,15-16-8-6-9-16)27(25,26)24(18-11-4-3-5-12-18)19-14-17-10-7-13-22-20(17)23-19/h3-5,7,10-14,16H,6,8-9,15H2,1-2H3,(H,22,23). The molecule has 0 spiro atoms. The Morgan fingerprint density at radius 3 is 2.52 bits per heavy atom. The number of nitrogens with one attached hydrogen (secondary N) is 1. The molecule has 0 atom stereocenters. The van der Waals surface area contributed by atoms with Gasteiger partial charge in [0.15, 0.2) is 0 Å². The number of anilines is 2. The van der Waals surface area contributed by atoms with E-state index in [1.165, 1.54) is 10.7 Å². The Kier molecular flexibility index (Phi) is 4.46. The van der Waals surface area contributed by atoms with Crippen LogP contribution < -0.4 is 4.31 Å². The second kappa shape index (κ2) is 6.68. The molecular weight excluding hydrogens is 358 g/mol. The Morgan fingerprint density at radius 2 is 1.89 bits per heavy atom. The largest absolute Gasteiger partial charge is 0.325 e. The average Bonchev–Trinajstić information content (AvgIpc) is 3.02. The first kappa shape index (κ1) is 18.0. The highest BCUT2D eigenvalue weighted by Crippen LogP contribution is 2.41. The van der Waals surface area contributed by atoms with Crippen molar-refractivity contribution in [2.45, 2.75) is 44.3 Å². The van der Waals surface area contributed by atoms with Crippen molar-refractivity contribution < 1.29 is 8.42 Å². The van der Waals surface area contributed by atoms with E-state index in [0.29, 0.717) is 29.5 Å². The van der Waals surface area contributed by atoms with Gasteiger partial charge in [-0.3, -0.25) is 0 Å². The Balaban J connectivity index is 1.82. The highest BCUT2D eigenvalue weighted by molar-refractivity contribution is 7.94. The molecule has 6 heteroatoms. The molecule has 0 radical (unpaired) electrons. The summed E-state index contributed by atoms with van der Waals surface area (Å²) in [6.07, 6.45) is 5.83. The molecule has 3 aromatic rings. The van der Waals surface area contributed by atoms with Gasteiger partial charge >= 0.3 is 0 Å². The van der Waals surface area contributed by atoms with E-state index in [4.69, 9.17) is 0 Å². The number of rotatable bonds is 6. The quantitative estimate of drug-likeness (QED) is 0.651. The van der Waals surface area contributed by atoms with Gasteiger partial charge in [-0.25, -0.2) is 17.7 Å². The fourth-order valence-corrected chi connectivity index (χ4v) is 5.47. The normalized spacial score (nSPS) is 15.6. The van der Waals surface area contributed by atoms with Gasteiger partial charge in [0.25, 0.3) is 0 Å². The lowest BCUT2D eigenvalue weighted by molar-refractivity contribution is 0.270. The Morgan fingerprint density at radius 1 is 1.15 bits per heavy atom. The predicted octanol–water partition coefficient (Wildman–Crippen LogP) is 5.00. The molecule has 4 rings (SSSR count). The first-order valence-corrected chi connectivity index (χ1v) is 10.9. The number of hydrogen-bond acceptors (Lipinski definition) is 3. The number of pyridine rings is 1. The summed E-state index contributed by atoms with van der Waals surface area (Å²) in [4.78, 5) is 7.51. The van der Waals surface area contributed by atoms with E-state index in [9.17, 15) is 8.42 Å². The fourth-order valence-electron chi connectivity index (χ4n) is 3.77. The second-order valence-electron chi connectivity index (χ2n) is 7.96. The first-order chi connectivity index (χ1) is 12.9.